The first-order chi connectivity index (χ1) is 31.2. The van der Waals surface area contributed by atoms with E-state index in [2.05, 4.69) is 40.2 Å². The topological polar surface area (TPSA) is 197 Å². The summed E-state index contributed by atoms with van der Waals surface area (Å²) in [6.07, 6.45) is 16.3. The number of hydrogen-bond donors (Lipinski definition) is 1. The lowest BCUT2D eigenvalue weighted by molar-refractivity contribution is -0.122. The highest BCUT2D eigenvalue weighted by atomic mass is 16.2. The summed E-state index contributed by atoms with van der Waals surface area (Å²) in [5.41, 5.74) is 9.12. The molecular weight excluding hydrogens is 817 g/mol. The normalized spacial score (nSPS) is 16.0. The molecule has 7 heterocycles. The lowest BCUT2D eigenvalue weighted by Gasteiger charge is -2.19. The van der Waals surface area contributed by atoms with Gasteiger partial charge in [-0.05, 0) is 100 Å². The molecule has 0 bridgehead atoms. The highest BCUT2D eigenvalue weighted by molar-refractivity contribution is 6.13. The number of rotatable bonds is 5. The van der Waals surface area contributed by atoms with E-state index in [1.807, 2.05) is 127 Å². The highest BCUT2D eigenvalue weighted by Crippen LogP contribution is 2.48. The van der Waals surface area contributed by atoms with Crippen molar-refractivity contribution in [2.75, 3.05) is 15.1 Å². The molecule has 0 radical (unpaired) electrons. The zero-order valence-corrected chi connectivity index (χ0v) is 36.7. The van der Waals surface area contributed by atoms with Crippen LogP contribution in [-0.2, 0) is 31.6 Å². The van der Waals surface area contributed by atoms with Crippen LogP contribution in [-0.4, -0.2) is 57.6 Å². The van der Waals surface area contributed by atoms with Crippen LogP contribution in [0.4, 0.5) is 28.7 Å². The van der Waals surface area contributed by atoms with Gasteiger partial charge in [-0.15, -0.1) is 0 Å². The molecule has 0 saturated heterocycles. The van der Waals surface area contributed by atoms with Gasteiger partial charge in [-0.2, -0.15) is 5.26 Å². The molecule has 0 unspecified atom stereocenters. The molecule has 1 saturated carbocycles. The van der Waals surface area contributed by atoms with Crippen LogP contribution >= 0.6 is 0 Å². The molecule has 11 rings (SSSR count). The fourth-order valence-electron chi connectivity index (χ4n) is 8.11. The number of aryl methyl sites for hydroxylation is 2. The first-order valence-corrected chi connectivity index (χ1v) is 21.2. The Morgan fingerprint density at radius 3 is 1.69 bits per heavy atom. The maximum atomic E-state index is 13.3. The predicted octanol–water partition coefficient (Wildman–Crippen LogP) is 8.33. The standard InChI is InChI=1S/C22H21N5O.C20H16N6O.C8H7NO/c1-13-24-9-16(10-25-13)15-6-7-17-19(8-15)27(21(28)22(17,2)3)20-12-23-11-18(26-20)14-4-5-14;1-12-22-8-14(9-23-12)13-4-5-16-17(6-13)26(19(27)20(16,2)3)18-11-24-15(7-21)10-25-18;10-8-5-6-3-1-2-4-7(6)9-8/h6-12,14H,4-5H2,1-3H3;4-6,8-11H,1-3H3;1-4H,5H2,(H,9,10). The Morgan fingerprint density at radius 1 is 0.631 bits per heavy atom. The third-order valence-corrected chi connectivity index (χ3v) is 12.0. The van der Waals surface area contributed by atoms with E-state index in [9.17, 15) is 14.4 Å². The molecule has 3 amide bonds. The van der Waals surface area contributed by atoms with Crippen LogP contribution in [0.15, 0.2) is 110 Å². The average Bonchev–Trinajstić information content (AvgIpc) is 4.02. The average molecular weight is 861 g/mol. The molecule has 4 aromatic heterocycles. The summed E-state index contributed by atoms with van der Waals surface area (Å²) in [5, 5.41) is 11.7. The number of carbonyl (C=O) groups is 3. The van der Waals surface area contributed by atoms with Gasteiger partial charge >= 0.3 is 0 Å². The molecule has 15 nitrogen and oxygen atoms in total. The lowest BCUT2D eigenvalue weighted by Crippen LogP contribution is -2.33. The summed E-state index contributed by atoms with van der Waals surface area (Å²) >= 11 is 0. The van der Waals surface area contributed by atoms with E-state index in [1.54, 1.807) is 28.4 Å². The zero-order chi connectivity index (χ0) is 45.6. The Hall–Kier alpha value is -8.12. The SMILES string of the molecule is Cc1ncc(-c2ccc3c(c2)N(c2cnc(C#N)cn2)C(=O)C3(C)C)cn1.Cc1ncc(-c2ccc3c(c2)N(c2cncc(C4CC4)n2)C(=O)C3(C)C)cn1.O=C1Cc2ccccc2N1. The molecule has 1 fully saturated rings. The number of hydrogen-bond acceptors (Lipinski definition) is 12. The van der Waals surface area contributed by atoms with Crippen molar-refractivity contribution in [3.05, 3.63) is 150 Å². The number of anilines is 5. The van der Waals surface area contributed by atoms with Crippen LogP contribution in [0.5, 0.6) is 0 Å². The van der Waals surface area contributed by atoms with E-state index in [1.165, 1.54) is 12.4 Å². The largest absolute Gasteiger partial charge is 0.326 e. The van der Waals surface area contributed by atoms with Gasteiger partial charge in [0, 0.05) is 53.7 Å². The van der Waals surface area contributed by atoms with Crippen LogP contribution in [0.1, 0.15) is 86.2 Å². The van der Waals surface area contributed by atoms with Crippen molar-refractivity contribution >= 4 is 46.4 Å². The van der Waals surface area contributed by atoms with Gasteiger partial charge < -0.3 is 5.32 Å². The van der Waals surface area contributed by atoms with Crippen LogP contribution < -0.4 is 15.1 Å². The van der Waals surface area contributed by atoms with Gasteiger partial charge in [-0.1, -0.05) is 42.5 Å². The van der Waals surface area contributed by atoms with Gasteiger partial charge in [0.2, 0.25) is 17.7 Å². The Balaban J connectivity index is 0.000000135. The molecule has 3 aliphatic heterocycles. The minimum absolute atomic E-state index is 0.0158. The number of nitrogens with one attached hydrogen (secondary N) is 1. The van der Waals surface area contributed by atoms with E-state index in [0.29, 0.717) is 29.8 Å². The van der Waals surface area contributed by atoms with Gasteiger partial charge in [0.05, 0.1) is 52.9 Å². The Kier molecular flexibility index (Phi) is 10.7. The van der Waals surface area contributed by atoms with E-state index < -0.39 is 10.8 Å². The van der Waals surface area contributed by atoms with Crippen LogP contribution in [0.2, 0.25) is 0 Å². The molecule has 15 heteroatoms. The summed E-state index contributed by atoms with van der Waals surface area (Å²) in [5.74, 6) is 2.92. The molecule has 7 aromatic rings. The Bertz CT molecular complexity index is 3020. The minimum Gasteiger partial charge on any atom is -0.326 e. The molecular formula is C50H44N12O3. The molecule has 0 atom stereocenters. The maximum Gasteiger partial charge on any atom is 0.242 e. The van der Waals surface area contributed by atoms with Crippen molar-refractivity contribution in [2.45, 2.75) is 77.6 Å². The highest BCUT2D eigenvalue weighted by Gasteiger charge is 2.46. The molecule has 1 aliphatic carbocycles. The van der Waals surface area contributed by atoms with Crippen LogP contribution in [0.25, 0.3) is 22.3 Å². The monoisotopic (exact) mass is 860 g/mol. The van der Waals surface area contributed by atoms with Crippen molar-refractivity contribution in [2.24, 2.45) is 0 Å². The third-order valence-electron chi connectivity index (χ3n) is 12.0. The number of amides is 3. The Labute approximate surface area is 375 Å². The number of carbonyl (C=O) groups excluding carboxylic acids is 3. The number of benzene rings is 3. The minimum atomic E-state index is -0.687. The van der Waals surface area contributed by atoms with E-state index in [4.69, 9.17) is 10.2 Å². The number of aromatic nitrogens is 8. The first-order valence-electron chi connectivity index (χ1n) is 21.2. The Morgan fingerprint density at radius 2 is 1.18 bits per heavy atom. The first kappa shape index (κ1) is 42.2. The quantitative estimate of drug-likeness (QED) is 0.174. The van der Waals surface area contributed by atoms with Crippen molar-refractivity contribution < 1.29 is 14.4 Å². The molecule has 4 aliphatic rings. The number of fused-ring (bicyclic) bond motifs is 3. The fraction of sp³-hybridized carbons (Fsp3) is 0.240. The van der Waals surface area contributed by atoms with Crippen molar-refractivity contribution in [1.82, 2.24) is 39.9 Å². The summed E-state index contributed by atoms with van der Waals surface area (Å²) in [6.45, 7) is 11.4. The summed E-state index contributed by atoms with van der Waals surface area (Å²) in [4.78, 5) is 75.0. The number of nitriles is 1. The van der Waals surface area contributed by atoms with Gasteiger partial charge in [0.1, 0.15) is 17.7 Å². The second kappa shape index (κ2) is 16.5. The maximum absolute atomic E-state index is 13.3. The summed E-state index contributed by atoms with van der Waals surface area (Å²) in [7, 11) is 0. The zero-order valence-electron chi connectivity index (χ0n) is 36.7. The van der Waals surface area contributed by atoms with E-state index in [-0.39, 0.29) is 23.4 Å². The van der Waals surface area contributed by atoms with Gasteiger partial charge in [0.15, 0.2) is 17.3 Å². The smallest absolute Gasteiger partial charge is 0.242 e. The van der Waals surface area contributed by atoms with Crippen molar-refractivity contribution in [3.63, 3.8) is 0 Å². The van der Waals surface area contributed by atoms with Gasteiger partial charge in [0.25, 0.3) is 0 Å². The second-order valence-corrected chi connectivity index (χ2v) is 17.4. The number of para-hydroxylation sites is 1. The molecule has 3 aromatic carbocycles. The summed E-state index contributed by atoms with van der Waals surface area (Å²) < 4.78 is 0. The number of nitrogens with zero attached hydrogens (tertiary/aromatic N) is 11. The fourth-order valence-corrected chi connectivity index (χ4v) is 8.11. The predicted molar refractivity (Wildman–Crippen MR) is 244 cm³/mol. The van der Waals surface area contributed by atoms with E-state index >= 15 is 0 Å². The van der Waals surface area contributed by atoms with Crippen molar-refractivity contribution in [3.8, 4) is 28.3 Å². The van der Waals surface area contributed by atoms with Crippen LogP contribution in [0, 0.1) is 25.2 Å². The van der Waals surface area contributed by atoms with E-state index in [0.717, 1.165) is 80.4 Å². The molecule has 1 N–H and O–H groups in total. The molecule has 0 spiro atoms. The van der Waals surface area contributed by atoms with Crippen LogP contribution in [0.3, 0.4) is 0 Å². The molecule has 322 valence electrons. The van der Waals surface area contributed by atoms with Gasteiger partial charge in [-0.25, -0.2) is 34.9 Å². The summed E-state index contributed by atoms with van der Waals surface area (Å²) in [6, 6.07) is 21.6. The molecule has 65 heavy (non-hydrogen) atoms. The second-order valence-electron chi connectivity index (χ2n) is 17.4. The van der Waals surface area contributed by atoms with Crippen molar-refractivity contribution in [1.29, 1.82) is 5.26 Å². The lowest BCUT2D eigenvalue weighted by atomic mass is 9.85. The third kappa shape index (κ3) is 8.06. The van der Waals surface area contributed by atoms with Gasteiger partial charge in [-0.3, -0.25) is 29.2 Å².